The largest absolute Gasteiger partial charge is 0.453 e. The van der Waals surface area contributed by atoms with E-state index in [-0.39, 0.29) is 71.3 Å². The van der Waals surface area contributed by atoms with Crippen LogP contribution < -0.4 is 30.1 Å². The molecule has 0 aliphatic carbocycles. The number of nitrogens with one attached hydrogen (secondary N) is 2. The Balaban J connectivity index is 0.800. The van der Waals surface area contributed by atoms with E-state index in [9.17, 15) is 37.2 Å². The van der Waals surface area contributed by atoms with Crippen LogP contribution in [0.5, 0.6) is 11.5 Å². The van der Waals surface area contributed by atoms with Crippen LogP contribution in [0, 0.1) is 28.9 Å². The van der Waals surface area contributed by atoms with Gasteiger partial charge in [-0.15, -0.1) is 0 Å². The van der Waals surface area contributed by atoms with Crippen molar-refractivity contribution in [1.82, 2.24) is 29.5 Å². The van der Waals surface area contributed by atoms with E-state index in [1.165, 1.54) is 40.1 Å². The molecule has 2 N–H and O–H groups in total. The second-order valence-electron chi connectivity index (χ2n) is 16.6. The second kappa shape index (κ2) is 16.9. The first kappa shape index (κ1) is 43.3. The Morgan fingerprint density at radius 3 is 2.53 bits per heavy atom. The number of anilines is 3. The third-order valence-electron chi connectivity index (χ3n) is 12.7. The fourth-order valence-electron chi connectivity index (χ4n) is 9.26. The van der Waals surface area contributed by atoms with Gasteiger partial charge in [0.25, 0.3) is 12.8 Å². The molecule has 0 unspecified atom stereocenters. The van der Waals surface area contributed by atoms with E-state index in [1.807, 2.05) is 9.80 Å². The summed E-state index contributed by atoms with van der Waals surface area (Å²) in [4.78, 5) is 61.3. The lowest BCUT2D eigenvalue weighted by Gasteiger charge is -2.40. The molecule has 4 aliphatic heterocycles. The number of halogens is 3. The number of amides is 4. The monoisotopic (exact) mass is 1010 g/mol. The van der Waals surface area contributed by atoms with Gasteiger partial charge in [0.05, 0.1) is 73.6 Å². The van der Waals surface area contributed by atoms with Crippen molar-refractivity contribution in [3.8, 4) is 17.6 Å². The fraction of sp³-hybridized carbons (Fsp3) is 0.405. The molecule has 0 bridgehead atoms. The molecule has 1 atom stereocenters. The lowest BCUT2D eigenvalue weighted by atomic mass is 9.86. The number of nitriles is 1. The van der Waals surface area contributed by atoms with Crippen molar-refractivity contribution in [3.63, 3.8) is 0 Å². The highest BCUT2D eigenvalue weighted by molar-refractivity contribution is 14.2. The molecule has 64 heavy (non-hydrogen) atoms. The highest BCUT2D eigenvalue weighted by atomic mass is 127. The highest BCUT2D eigenvalue weighted by Crippen LogP contribution is 2.41. The van der Waals surface area contributed by atoms with Crippen LogP contribution in [-0.2, 0) is 28.6 Å². The maximum absolute atomic E-state index is 15.7. The van der Waals surface area contributed by atoms with Gasteiger partial charge in [-0.2, -0.15) is 18.8 Å². The van der Waals surface area contributed by atoms with Crippen molar-refractivity contribution < 1.29 is 41.1 Å². The Bertz CT molecular complexity index is 2960. The van der Waals surface area contributed by atoms with Gasteiger partial charge in [-0.05, 0) is 80.5 Å². The summed E-state index contributed by atoms with van der Waals surface area (Å²) in [5.41, 5.74) is 0.0119. The molecule has 0 saturated carbocycles. The molecule has 6 heterocycles. The number of fused-ring (bicyclic) bond motifs is 2. The first-order valence-electron chi connectivity index (χ1n) is 20.7. The molecule has 4 saturated heterocycles. The minimum atomic E-state index is -3.82. The molecular weight excluding hydrogens is 969 g/mol. The summed E-state index contributed by atoms with van der Waals surface area (Å²) >= 11 is 1.15. The van der Waals surface area contributed by atoms with Crippen LogP contribution >= 0.6 is 21.2 Å². The van der Waals surface area contributed by atoms with E-state index >= 15 is 4.39 Å². The lowest BCUT2D eigenvalue weighted by molar-refractivity contribution is -0.137. The number of piperidine rings is 2. The third-order valence-corrected chi connectivity index (χ3v) is 13.8. The van der Waals surface area contributed by atoms with Gasteiger partial charge in [-0.1, -0.05) is 0 Å². The molecule has 2 aromatic heterocycles. The van der Waals surface area contributed by atoms with Gasteiger partial charge in [-0.25, -0.2) is 18.6 Å². The third kappa shape index (κ3) is 8.42. The Kier molecular flexibility index (Phi) is 11.4. The van der Waals surface area contributed by atoms with Crippen LogP contribution in [0.3, 0.4) is 0 Å². The summed E-state index contributed by atoms with van der Waals surface area (Å²) in [6, 6.07) is 10.5. The minimum Gasteiger partial charge on any atom is -0.453 e. The number of nitrogens with zero attached hydrogens (tertiary/aromatic N) is 8. The zero-order valence-corrected chi connectivity index (χ0v) is 37.3. The van der Waals surface area contributed by atoms with Crippen molar-refractivity contribution in [2.24, 2.45) is 13.0 Å². The van der Waals surface area contributed by atoms with E-state index in [4.69, 9.17) is 9.47 Å². The number of rotatable bonds is 9. The number of aromatic nitrogens is 4. The average Bonchev–Trinajstić information content (AvgIpc) is 3.81. The quantitative estimate of drug-likeness (QED) is 0.141. The molecule has 9 rings (SSSR count). The Morgan fingerprint density at radius 1 is 1.05 bits per heavy atom. The van der Waals surface area contributed by atoms with Crippen molar-refractivity contribution in [2.45, 2.75) is 56.6 Å². The molecule has 4 amide bonds. The van der Waals surface area contributed by atoms with Gasteiger partial charge in [0.1, 0.15) is 23.2 Å². The number of ether oxygens (including phenoxy) is 2. The van der Waals surface area contributed by atoms with Gasteiger partial charge in [-0.3, -0.25) is 38.6 Å². The number of carbonyl (C=O) groups is 3. The van der Waals surface area contributed by atoms with E-state index in [2.05, 4.69) is 20.1 Å². The number of hydrogen-bond donors (Lipinski definition) is 2. The molecule has 5 aromatic rings. The topological polar surface area (TPSA) is 214 Å². The predicted molar refractivity (Wildman–Crippen MR) is 238 cm³/mol. The number of likely N-dealkylation sites (tertiary alicyclic amines) is 1. The molecule has 334 valence electrons. The summed E-state index contributed by atoms with van der Waals surface area (Å²) in [7, 11) is -2.09. The maximum atomic E-state index is 15.7. The predicted octanol–water partition coefficient (Wildman–Crippen LogP) is 5.39. The number of hydrogen-bond acceptors (Lipinski definition) is 12. The molecule has 0 radical (unpaired) electrons. The zero-order valence-electron chi connectivity index (χ0n) is 34.4. The van der Waals surface area contributed by atoms with E-state index in [0.29, 0.717) is 92.6 Å². The number of imide groups is 1. The van der Waals surface area contributed by atoms with Crippen molar-refractivity contribution >= 4 is 85.2 Å². The Morgan fingerprint density at radius 2 is 1.81 bits per heavy atom. The van der Waals surface area contributed by atoms with E-state index in [1.54, 1.807) is 23.9 Å². The maximum Gasteiger partial charge on any atom is 0.329 e. The normalized spacial score (nSPS) is 19.4. The lowest BCUT2D eigenvalue weighted by Crippen LogP contribution is -2.49. The smallest absolute Gasteiger partial charge is 0.329 e. The van der Waals surface area contributed by atoms with Gasteiger partial charge < -0.3 is 19.3 Å². The van der Waals surface area contributed by atoms with Crippen LogP contribution in [0.1, 0.15) is 56.6 Å². The molecular formula is C42H41F2IN10O8S. The molecule has 18 nitrogen and oxygen atoms in total. The zero-order chi connectivity index (χ0) is 45.1. The van der Waals surface area contributed by atoms with Crippen molar-refractivity contribution in [1.29, 1.82) is 5.26 Å². The van der Waals surface area contributed by atoms with Crippen molar-refractivity contribution in [3.05, 3.63) is 76.3 Å². The van der Waals surface area contributed by atoms with Crippen LogP contribution in [0.2, 0.25) is 0 Å². The van der Waals surface area contributed by atoms with Crippen LogP contribution in [0.15, 0.2) is 53.6 Å². The molecule has 3 aromatic carbocycles. The molecule has 1 spiro atoms. The van der Waals surface area contributed by atoms with E-state index < -0.39 is 36.2 Å². The standard InChI is InChI=1S/C42H41F2IN10O8S/c1-51-34-19-35(31(44)18-28(34)39(49-51)54-13-8-36(56)48-41(54)59)52-11-6-24(7-12-52)16-37(57)53-14-9-42(10-15-53)20-25(22-62-42)55-23-47-32-4-2-26(17-27(32)40(55)58)63-38-29(21-46)33(5-3-30(38)43)50-64(45,60)61/h2-5,17-19,23-25,50H,6-16,20,22H2,1H3,(H,48,56,59)/t25-/m1/s1. The van der Waals surface area contributed by atoms with Gasteiger partial charge in [0, 0.05) is 58.0 Å². The number of carbonyl (C=O) groups excluding carboxylic acids is 3. The first-order chi connectivity index (χ1) is 30.6. The number of benzene rings is 3. The molecule has 4 aliphatic rings. The van der Waals surface area contributed by atoms with Gasteiger partial charge in [0.2, 0.25) is 11.8 Å². The average molecular weight is 1010 g/mol. The molecule has 22 heteroatoms. The summed E-state index contributed by atoms with van der Waals surface area (Å²) < 4.78 is 71.6. The number of aryl methyl sites for hydroxylation is 1. The summed E-state index contributed by atoms with van der Waals surface area (Å²) in [6.07, 6.45) is 5.12. The highest BCUT2D eigenvalue weighted by Gasteiger charge is 2.44. The summed E-state index contributed by atoms with van der Waals surface area (Å²) in [5, 5.41) is 17.2. The molecule has 4 fully saturated rings. The summed E-state index contributed by atoms with van der Waals surface area (Å²) in [6.45, 7) is 2.56. The van der Waals surface area contributed by atoms with Gasteiger partial charge in [0.15, 0.2) is 17.4 Å². The van der Waals surface area contributed by atoms with Crippen LogP contribution in [0.4, 0.5) is 30.8 Å². The van der Waals surface area contributed by atoms with Gasteiger partial charge >= 0.3 is 6.03 Å². The van der Waals surface area contributed by atoms with Crippen LogP contribution in [-0.4, -0.2) is 95.4 Å². The van der Waals surface area contributed by atoms with Crippen LogP contribution in [0.25, 0.3) is 21.8 Å². The van der Waals surface area contributed by atoms with Crippen molar-refractivity contribution in [2.75, 3.05) is 53.9 Å². The SMILES string of the molecule is Cn1nc(N2CCC(=O)NC2=O)c2cc(F)c(N3CCC(CC(=O)N4CCC5(CC4)C[C@@H](n4cnc6ccc(Oc7c(F)ccc(NS(=O)(=O)I)c7C#N)cc6c4=O)CO5)CC3)cc21. The second-order valence-corrected chi connectivity index (χ2v) is 21.1. The fourth-order valence-corrected chi connectivity index (χ4v) is 10.4. The summed E-state index contributed by atoms with van der Waals surface area (Å²) in [5.74, 6) is -1.69. The van der Waals surface area contributed by atoms with E-state index in [0.717, 1.165) is 33.3 Å². The number of urea groups is 1. The Labute approximate surface area is 376 Å². The Hall–Kier alpha value is -5.93. The minimum absolute atomic E-state index is 0.0365. The first-order valence-corrected chi connectivity index (χ1v) is 24.7.